The molecule has 5 atom stereocenters. The number of thiazole rings is 1. The maximum absolute atomic E-state index is 14.1. The fraction of sp³-hybridized carbons (Fsp3) is 0.513. The largest absolute Gasteiger partial charge is 0.459 e. The number of unbranched alkanes of at least 4 members (excludes halogenated alkanes) is 3. The second kappa shape index (κ2) is 15.0. The molecule has 2 aromatic heterocycles. The smallest absolute Gasteiger partial charge is 0.408 e. The normalized spacial score (nSPS) is 23.0. The van der Waals surface area contributed by atoms with Crippen molar-refractivity contribution >= 4 is 40.3 Å². The van der Waals surface area contributed by atoms with Gasteiger partial charge in [-0.15, -0.1) is 11.3 Å². The van der Waals surface area contributed by atoms with Crippen LogP contribution in [0, 0.1) is 11.8 Å². The van der Waals surface area contributed by atoms with Crippen LogP contribution in [0.15, 0.2) is 53.9 Å². The van der Waals surface area contributed by atoms with Crippen molar-refractivity contribution in [2.75, 3.05) is 6.54 Å². The number of para-hydroxylation sites is 1. The highest BCUT2D eigenvalue weighted by Crippen LogP contribution is 2.52. The van der Waals surface area contributed by atoms with Crippen LogP contribution >= 0.6 is 11.3 Å². The first-order valence-electron chi connectivity index (χ1n) is 18.5. The Morgan fingerprint density at radius 2 is 1.75 bits per heavy atom. The van der Waals surface area contributed by atoms with E-state index in [2.05, 4.69) is 31.5 Å². The number of likely N-dealkylation sites (tertiary alicyclic amines) is 1. The number of alkyl carbamates (subject to hydrolysis) is 1. The van der Waals surface area contributed by atoms with Gasteiger partial charge >= 0.3 is 6.09 Å². The molecule has 0 spiro atoms. The summed E-state index contributed by atoms with van der Waals surface area (Å²) in [4.78, 5) is 51.4. The summed E-state index contributed by atoms with van der Waals surface area (Å²) >= 11 is 1.57. The van der Waals surface area contributed by atoms with Crippen molar-refractivity contribution in [1.29, 1.82) is 0 Å². The van der Waals surface area contributed by atoms with E-state index in [-0.39, 0.29) is 31.0 Å². The van der Waals surface area contributed by atoms with Crippen molar-refractivity contribution < 1.29 is 23.9 Å². The molecule has 7 rings (SSSR count). The zero-order chi connectivity index (χ0) is 35.6. The summed E-state index contributed by atoms with van der Waals surface area (Å²) in [6.45, 7) is 6.40. The second-order valence-corrected chi connectivity index (χ2v) is 15.5. The molecular weight excluding hydrogens is 665 g/mol. The van der Waals surface area contributed by atoms with Crippen LogP contribution in [0.2, 0.25) is 0 Å². The number of fused-ring (bicyclic) bond motifs is 2. The van der Waals surface area contributed by atoms with E-state index in [1.165, 1.54) is 11.3 Å². The number of rotatable bonds is 14. The molecule has 1 saturated heterocycles. The highest BCUT2D eigenvalue weighted by Gasteiger charge is 2.48. The average molecular weight is 713 g/mol. The number of carbonyl (C=O) groups excluding carboxylic acids is 3. The molecule has 2 aromatic carbocycles. The van der Waals surface area contributed by atoms with Crippen LogP contribution in [0.25, 0.3) is 32.9 Å². The molecular formula is C39H48N6O5S. The van der Waals surface area contributed by atoms with Gasteiger partial charge < -0.3 is 25.4 Å². The van der Waals surface area contributed by atoms with Crippen molar-refractivity contribution in [3.63, 3.8) is 0 Å². The lowest BCUT2D eigenvalue weighted by Gasteiger charge is -2.28. The predicted octanol–water partition coefficient (Wildman–Crippen LogP) is 7.11. The van der Waals surface area contributed by atoms with Gasteiger partial charge in [-0.25, -0.2) is 9.78 Å². The second-order valence-electron chi connectivity index (χ2n) is 14.6. The van der Waals surface area contributed by atoms with Crippen LogP contribution in [-0.2, 0) is 14.3 Å². The first-order chi connectivity index (χ1) is 24.7. The number of benzene rings is 2. The van der Waals surface area contributed by atoms with E-state index >= 15 is 0 Å². The SMILES string of the molecule is CCCCCCC(NC(=O)OC1CC2CC2C1)C(=O)N1CC(Oc2nc3c(-c4nc(-c5ccccc5)cs4)cccc3n2C(C)C)CC1C(N)=O. The number of primary amides is 1. The highest BCUT2D eigenvalue weighted by atomic mass is 32.1. The molecule has 3 heterocycles. The molecule has 270 valence electrons. The molecule has 3 aliphatic rings. The third kappa shape index (κ3) is 7.61. The maximum atomic E-state index is 14.1. The maximum Gasteiger partial charge on any atom is 0.408 e. The summed E-state index contributed by atoms with van der Waals surface area (Å²) in [5, 5.41) is 5.77. The molecule has 3 fully saturated rings. The van der Waals surface area contributed by atoms with Gasteiger partial charge in [-0.1, -0.05) is 69.0 Å². The van der Waals surface area contributed by atoms with Gasteiger partial charge in [-0.2, -0.15) is 4.98 Å². The van der Waals surface area contributed by atoms with Gasteiger partial charge in [0, 0.05) is 29.0 Å². The Morgan fingerprint density at radius 1 is 0.961 bits per heavy atom. The standard InChI is InChI=1S/C39H48N6O5S/c1-4-5-6-10-15-30(42-39(48)50-27-18-25-17-26(25)19-27)37(47)44-21-28(20-33(44)35(40)46)49-38-43-34-29(14-11-16-32(34)45(38)23(2)3)36-41-31(22-51-36)24-12-8-7-9-13-24/h7-9,11-14,16,22-23,25-28,30,33H,4-6,10,15,17-21H2,1-3H3,(H2,40,46)(H,42,48). The zero-order valence-corrected chi connectivity index (χ0v) is 30.4. The fourth-order valence-electron chi connectivity index (χ4n) is 7.85. The van der Waals surface area contributed by atoms with Crippen molar-refractivity contribution in [3.8, 4) is 27.8 Å². The van der Waals surface area contributed by atoms with Crippen molar-refractivity contribution in [1.82, 2.24) is 24.8 Å². The predicted molar refractivity (Wildman–Crippen MR) is 197 cm³/mol. The van der Waals surface area contributed by atoms with E-state index in [1.807, 2.05) is 53.1 Å². The van der Waals surface area contributed by atoms with Crippen LogP contribution in [-0.4, -0.2) is 68.2 Å². The lowest BCUT2D eigenvalue weighted by molar-refractivity contribution is -0.139. The molecule has 2 aliphatic carbocycles. The number of aromatic nitrogens is 3. The van der Waals surface area contributed by atoms with Gasteiger partial charge in [-0.05, 0) is 63.5 Å². The Balaban J connectivity index is 1.10. The van der Waals surface area contributed by atoms with E-state index in [9.17, 15) is 14.4 Å². The lowest BCUT2D eigenvalue weighted by atomic mass is 10.1. The number of hydrogen-bond acceptors (Lipinski definition) is 8. The molecule has 12 heteroatoms. The van der Waals surface area contributed by atoms with E-state index in [1.54, 1.807) is 11.3 Å². The van der Waals surface area contributed by atoms with E-state index in [0.717, 1.165) is 71.4 Å². The van der Waals surface area contributed by atoms with Crippen LogP contribution in [0.3, 0.4) is 0 Å². The molecule has 5 unspecified atom stereocenters. The monoisotopic (exact) mass is 712 g/mol. The minimum Gasteiger partial charge on any atom is -0.459 e. The number of hydrogen-bond donors (Lipinski definition) is 2. The van der Waals surface area contributed by atoms with Crippen molar-refractivity contribution in [2.24, 2.45) is 17.6 Å². The minimum atomic E-state index is -0.875. The van der Waals surface area contributed by atoms with Crippen molar-refractivity contribution in [3.05, 3.63) is 53.9 Å². The topological polar surface area (TPSA) is 142 Å². The molecule has 0 radical (unpaired) electrons. The Hall–Kier alpha value is -4.45. The van der Waals surface area contributed by atoms with Gasteiger partial charge in [-0.3, -0.25) is 14.2 Å². The molecule has 3 amide bonds. The minimum absolute atomic E-state index is 0.0102. The number of nitrogens with one attached hydrogen (secondary N) is 1. The third-order valence-corrected chi connectivity index (χ3v) is 11.4. The summed E-state index contributed by atoms with van der Waals surface area (Å²) < 4.78 is 14.3. The summed E-state index contributed by atoms with van der Waals surface area (Å²) in [6.07, 6.45) is 6.26. The van der Waals surface area contributed by atoms with Crippen LogP contribution in [0.5, 0.6) is 6.01 Å². The molecule has 11 nitrogen and oxygen atoms in total. The van der Waals surface area contributed by atoms with Gasteiger partial charge in [0.05, 0.1) is 17.8 Å². The van der Waals surface area contributed by atoms with E-state index in [4.69, 9.17) is 25.2 Å². The first-order valence-corrected chi connectivity index (χ1v) is 19.3. The Labute approximate surface area is 302 Å². The van der Waals surface area contributed by atoms with Gasteiger partial charge in [0.15, 0.2) is 0 Å². The zero-order valence-electron chi connectivity index (χ0n) is 29.6. The van der Waals surface area contributed by atoms with E-state index in [0.29, 0.717) is 24.3 Å². The van der Waals surface area contributed by atoms with Crippen molar-refractivity contribution in [2.45, 2.75) is 109 Å². The Bertz CT molecular complexity index is 1860. The van der Waals surface area contributed by atoms with Gasteiger partial charge in [0.2, 0.25) is 11.8 Å². The number of amides is 3. The lowest BCUT2D eigenvalue weighted by Crippen LogP contribution is -2.53. The van der Waals surface area contributed by atoms with Gasteiger partial charge in [0.1, 0.15) is 34.8 Å². The number of nitrogens with two attached hydrogens (primary N) is 1. The van der Waals surface area contributed by atoms with E-state index < -0.39 is 30.2 Å². The fourth-order valence-corrected chi connectivity index (χ4v) is 8.71. The molecule has 2 saturated carbocycles. The van der Waals surface area contributed by atoms with Gasteiger partial charge in [0.25, 0.3) is 6.01 Å². The Kier molecular flexibility index (Phi) is 10.3. The summed E-state index contributed by atoms with van der Waals surface area (Å²) in [7, 11) is 0. The number of nitrogens with zero attached hydrogens (tertiary/aromatic N) is 4. The van der Waals surface area contributed by atoms with Crippen LogP contribution in [0.4, 0.5) is 4.79 Å². The number of ether oxygens (including phenoxy) is 2. The number of imidazole rings is 1. The Morgan fingerprint density at radius 3 is 2.47 bits per heavy atom. The number of carbonyl (C=O) groups is 3. The summed E-state index contributed by atoms with van der Waals surface area (Å²) in [5.41, 5.74) is 10.4. The summed E-state index contributed by atoms with van der Waals surface area (Å²) in [5.74, 6) is 0.389. The average Bonchev–Trinajstić information content (AvgIpc) is 3.59. The molecule has 1 aliphatic heterocycles. The quantitative estimate of drug-likeness (QED) is 0.133. The highest BCUT2D eigenvalue weighted by molar-refractivity contribution is 7.13. The molecule has 51 heavy (non-hydrogen) atoms. The molecule has 0 bridgehead atoms. The first kappa shape index (κ1) is 35.0. The van der Waals surface area contributed by atoms with Crippen LogP contribution < -0.4 is 15.8 Å². The molecule has 3 N–H and O–H groups in total. The van der Waals surface area contributed by atoms with Crippen LogP contribution in [0.1, 0.15) is 84.6 Å². The third-order valence-electron chi connectivity index (χ3n) is 10.6. The molecule has 4 aromatic rings. The summed E-state index contributed by atoms with van der Waals surface area (Å²) in [6, 6.07) is 14.8.